The van der Waals surface area contributed by atoms with Gasteiger partial charge in [-0.15, -0.1) is 0 Å². The molecule has 0 spiro atoms. The Kier molecular flexibility index (Phi) is 4.64. The molecular formula is C27H22N4O. The zero-order chi connectivity index (χ0) is 22.3. The standard InChI is InChI=1S/C27H22N4O/c1-27(2,16-28)20-10-7-17(8-11-20)26-25-22-14-19(18-5-4-6-21(13-18)32-3)9-12-23(22)29-15-24(25)30-31-26/h4-15H,1-3H3,(H,30,31). The Morgan fingerprint density at radius 1 is 0.938 bits per heavy atom. The second-order valence-electron chi connectivity index (χ2n) is 8.40. The van der Waals surface area contributed by atoms with Crippen LogP contribution in [0.15, 0.2) is 72.9 Å². The molecule has 32 heavy (non-hydrogen) atoms. The van der Waals surface area contributed by atoms with E-state index in [0.717, 1.165) is 55.5 Å². The van der Waals surface area contributed by atoms with Gasteiger partial charge >= 0.3 is 0 Å². The fourth-order valence-electron chi connectivity index (χ4n) is 4.00. The maximum atomic E-state index is 9.43. The van der Waals surface area contributed by atoms with Gasteiger partial charge in [-0.05, 0) is 54.8 Å². The van der Waals surface area contributed by atoms with E-state index in [2.05, 4.69) is 39.4 Å². The van der Waals surface area contributed by atoms with Gasteiger partial charge in [-0.25, -0.2) is 0 Å². The first-order valence-electron chi connectivity index (χ1n) is 10.4. The zero-order valence-electron chi connectivity index (χ0n) is 18.2. The van der Waals surface area contributed by atoms with Crippen LogP contribution in [-0.2, 0) is 5.41 Å². The maximum absolute atomic E-state index is 9.43. The van der Waals surface area contributed by atoms with Crippen molar-refractivity contribution in [2.45, 2.75) is 19.3 Å². The van der Waals surface area contributed by atoms with Crippen molar-refractivity contribution < 1.29 is 4.74 Å². The Morgan fingerprint density at radius 2 is 1.69 bits per heavy atom. The van der Waals surface area contributed by atoms with Crippen LogP contribution < -0.4 is 4.74 Å². The molecule has 0 saturated heterocycles. The Labute approximate surface area is 186 Å². The Balaban J connectivity index is 1.68. The van der Waals surface area contributed by atoms with Crippen LogP contribution in [0.5, 0.6) is 5.75 Å². The molecule has 0 bridgehead atoms. The molecule has 0 atom stereocenters. The average Bonchev–Trinajstić information content (AvgIpc) is 3.28. The fourth-order valence-corrected chi connectivity index (χ4v) is 4.00. The number of aromatic amines is 1. The minimum Gasteiger partial charge on any atom is -0.497 e. The highest BCUT2D eigenvalue weighted by atomic mass is 16.5. The molecule has 0 fully saturated rings. The molecule has 0 aliphatic heterocycles. The number of nitrogens with zero attached hydrogens (tertiary/aromatic N) is 3. The Morgan fingerprint density at radius 3 is 2.44 bits per heavy atom. The summed E-state index contributed by atoms with van der Waals surface area (Å²) in [7, 11) is 1.67. The highest BCUT2D eigenvalue weighted by molar-refractivity contribution is 6.11. The fraction of sp³-hybridized carbons (Fsp3) is 0.148. The van der Waals surface area contributed by atoms with Crippen LogP contribution in [0.25, 0.3) is 44.2 Å². The van der Waals surface area contributed by atoms with E-state index in [1.54, 1.807) is 7.11 Å². The molecule has 2 heterocycles. The minimum atomic E-state index is -0.533. The molecule has 5 rings (SSSR count). The molecule has 5 nitrogen and oxygen atoms in total. The van der Waals surface area contributed by atoms with Gasteiger partial charge in [0.05, 0.1) is 35.8 Å². The normalized spacial score (nSPS) is 11.6. The molecule has 5 aromatic rings. The molecule has 0 aliphatic rings. The van der Waals surface area contributed by atoms with Crippen molar-refractivity contribution in [3.05, 3.63) is 78.5 Å². The number of rotatable bonds is 4. The SMILES string of the molecule is COc1cccc(-c2ccc3ncc4[nH]nc(-c5ccc(C(C)(C)C#N)cc5)c4c3c2)c1. The largest absolute Gasteiger partial charge is 0.497 e. The van der Waals surface area contributed by atoms with Crippen molar-refractivity contribution in [2.24, 2.45) is 0 Å². The average molecular weight is 419 g/mol. The molecule has 0 aliphatic carbocycles. The lowest BCUT2D eigenvalue weighted by molar-refractivity contribution is 0.415. The summed E-state index contributed by atoms with van der Waals surface area (Å²) in [5, 5.41) is 19.2. The van der Waals surface area contributed by atoms with Gasteiger partial charge in [0.1, 0.15) is 11.4 Å². The molecule has 1 N–H and O–H groups in total. The van der Waals surface area contributed by atoms with Crippen LogP contribution in [0.4, 0.5) is 0 Å². The number of nitriles is 1. The number of H-pyrrole nitrogens is 1. The van der Waals surface area contributed by atoms with Crippen LogP contribution in [0.1, 0.15) is 19.4 Å². The van der Waals surface area contributed by atoms with Crippen LogP contribution in [0, 0.1) is 11.3 Å². The molecule has 0 amide bonds. The molecule has 156 valence electrons. The van der Waals surface area contributed by atoms with Crippen molar-refractivity contribution in [1.82, 2.24) is 15.2 Å². The van der Waals surface area contributed by atoms with Crippen molar-refractivity contribution in [2.75, 3.05) is 7.11 Å². The minimum absolute atomic E-state index is 0.533. The van der Waals surface area contributed by atoms with E-state index in [4.69, 9.17) is 4.74 Å². The highest BCUT2D eigenvalue weighted by Gasteiger charge is 2.20. The monoisotopic (exact) mass is 418 g/mol. The number of nitrogens with one attached hydrogen (secondary N) is 1. The summed E-state index contributed by atoms with van der Waals surface area (Å²) in [4.78, 5) is 4.61. The third-order valence-electron chi connectivity index (χ3n) is 5.96. The number of methoxy groups -OCH3 is 1. The smallest absolute Gasteiger partial charge is 0.119 e. The molecule has 2 aromatic heterocycles. The summed E-state index contributed by atoms with van der Waals surface area (Å²) in [5.74, 6) is 0.823. The van der Waals surface area contributed by atoms with Crippen molar-refractivity contribution in [3.63, 3.8) is 0 Å². The summed E-state index contributed by atoms with van der Waals surface area (Å²) in [6.45, 7) is 3.84. The number of fused-ring (bicyclic) bond motifs is 3. The quantitative estimate of drug-likeness (QED) is 0.374. The van der Waals surface area contributed by atoms with E-state index in [1.807, 2.05) is 68.6 Å². The first-order valence-corrected chi connectivity index (χ1v) is 10.4. The number of ether oxygens (including phenoxy) is 1. The summed E-state index contributed by atoms with van der Waals surface area (Å²) < 4.78 is 5.39. The van der Waals surface area contributed by atoms with E-state index in [0.29, 0.717) is 0 Å². The second-order valence-corrected chi connectivity index (χ2v) is 8.40. The predicted molar refractivity (Wildman–Crippen MR) is 127 cm³/mol. The number of hydrogen-bond acceptors (Lipinski definition) is 4. The zero-order valence-corrected chi connectivity index (χ0v) is 18.2. The predicted octanol–water partition coefficient (Wildman–Crippen LogP) is 6.25. The highest BCUT2D eigenvalue weighted by Crippen LogP contribution is 2.35. The second kappa shape index (κ2) is 7.51. The van der Waals surface area contributed by atoms with Gasteiger partial charge in [-0.2, -0.15) is 10.4 Å². The van der Waals surface area contributed by atoms with Crippen LogP contribution in [-0.4, -0.2) is 22.3 Å². The molecule has 0 unspecified atom stereocenters. The van der Waals surface area contributed by atoms with Gasteiger partial charge in [0.2, 0.25) is 0 Å². The van der Waals surface area contributed by atoms with E-state index in [9.17, 15) is 5.26 Å². The number of hydrogen-bond donors (Lipinski definition) is 1. The topological polar surface area (TPSA) is 74.6 Å². The first-order chi connectivity index (χ1) is 15.5. The van der Waals surface area contributed by atoms with Crippen LogP contribution >= 0.6 is 0 Å². The third kappa shape index (κ3) is 3.27. The first kappa shape index (κ1) is 19.8. The van der Waals surface area contributed by atoms with Gasteiger partial charge < -0.3 is 4.74 Å². The van der Waals surface area contributed by atoms with Gasteiger partial charge in [0.15, 0.2) is 0 Å². The van der Waals surface area contributed by atoms with Gasteiger partial charge in [0, 0.05) is 16.3 Å². The molecule has 0 radical (unpaired) electrons. The van der Waals surface area contributed by atoms with Crippen LogP contribution in [0.2, 0.25) is 0 Å². The lowest BCUT2D eigenvalue weighted by atomic mass is 9.86. The van der Waals surface area contributed by atoms with Crippen molar-refractivity contribution in [1.29, 1.82) is 5.26 Å². The summed E-state index contributed by atoms with van der Waals surface area (Å²) in [6, 6.07) is 24.7. The summed E-state index contributed by atoms with van der Waals surface area (Å²) in [6.07, 6.45) is 1.83. The van der Waals surface area contributed by atoms with Gasteiger partial charge in [-0.1, -0.05) is 42.5 Å². The molecule has 5 heteroatoms. The summed E-state index contributed by atoms with van der Waals surface area (Å²) >= 11 is 0. The van der Waals surface area contributed by atoms with E-state index in [-0.39, 0.29) is 0 Å². The third-order valence-corrected chi connectivity index (χ3v) is 5.96. The van der Waals surface area contributed by atoms with E-state index >= 15 is 0 Å². The van der Waals surface area contributed by atoms with Gasteiger partial charge in [0.25, 0.3) is 0 Å². The molecule has 3 aromatic carbocycles. The van der Waals surface area contributed by atoms with Gasteiger partial charge in [-0.3, -0.25) is 10.1 Å². The van der Waals surface area contributed by atoms with E-state index < -0.39 is 5.41 Å². The lowest BCUT2D eigenvalue weighted by Gasteiger charge is -2.15. The Bertz CT molecular complexity index is 1490. The van der Waals surface area contributed by atoms with Crippen molar-refractivity contribution in [3.8, 4) is 34.2 Å². The molecular weight excluding hydrogens is 396 g/mol. The Hall–Kier alpha value is -4.17. The summed E-state index contributed by atoms with van der Waals surface area (Å²) in [5.41, 5.74) is 6.28. The number of aromatic nitrogens is 3. The lowest BCUT2D eigenvalue weighted by Crippen LogP contribution is -2.13. The maximum Gasteiger partial charge on any atom is 0.119 e. The number of pyridine rings is 1. The van der Waals surface area contributed by atoms with E-state index in [1.165, 1.54) is 0 Å². The number of benzene rings is 3. The van der Waals surface area contributed by atoms with Crippen LogP contribution in [0.3, 0.4) is 0 Å². The van der Waals surface area contributed by atoms with Crippen molar-refractivity contribution >= 4 is 21.8 Å². The molecule has 0 saturated carbocycles.